The van der Waals surface area contributed by atoms with Crippen molar-refractivity contribution in [1.82, 2.24) is 14.4 Å². The minimum Gasteiger partial charge on any atom is -0.542 e. The Morgan fingerprint density at radius 3 is 2.40 bits per heavy atom. The first kappa shape index (κ1) is 26.3. The molecule has 14 heteroatoms. The molecule has 35 heavy (non-hydrogen) atoms. The number of quaternary nitrogens is 1. The molecule has 1 amide bonds. The molecule has 0 aromatic carbocycles. The summed E-state index contributed by atoms with van der Waals surface area (Å²) in [5, 5.41) is 12.0. The number of piperidine rings is 1. The number of nitrogens with one attached hydrogen (secondary N) is 2. The molecule has 0 radical (unpaired) electrons. The number of alkyl halides is 5. The van der Waals surface area contributed by atoms with Crippen molar-refractivity contribution in [2.45, 2.75) is 31.5 Å². The van der Waals surface area contributed by atoms with E-state index in [0.717, 1.165) is 16.1 Å². The number of aromatic nitrogens is 3. The number of carboxylic acid groups (broad SMARTS) is 1. The van der Waals surface area contributed by atoms with Crippen LogP contribution in [0.4, 0.5) is 27.8 Å². The average molecular weight is 520 g/mol. The number of imidazole rings is 1. The minimum absolute atomic E-state index is 0.121. The molecule has 4 rings (SSSR count). The SMILES string of the molecule is O=C(Nc1ccc(Cl)cn1)c1nc(C[NH+]2CCC(F)(F)CC2)c2ccccn12.O=C([O-])C(F)(F)F. The van der Waals surface area contributed by atoms with Gasteiger partial charge in [-0.05, 0) is 24.3 Å². The van der Waals surface area contributed by atoms with Gasteiger partial charge in [0.1, 0.15) is 24.0 Å². The second-order valence-electron chi connectivity index (χ2n) is 7.72. The van der Waals surface area contributed by atoms with E-state index in [1.807, 2.05) is 18.2 Å². The molecule has 1 saturated heterocycles. The van der Waals surface area contributed by atoms with Crippen molar-refractivity contribution in [3.63, 3.8) is 0 Å². The van der Waals surface area contributed by atoms with Crippen LogP contribution >= 0.6 is 11.6 Å². The summed E-state index contributed by atoms with van der Waals surface area (Å²) in [5.41, 5.74) is 1.51. The van der Waals surface area contributed by atoms with Crippen molar-refractivity contribution in [3.05, 3.63) is 59.3 Å². The first-order valence-electron chi connectivity index (χ1n) is 10.2. The number of halogens is 6. The van der Waals surface area contributed by atoms with E-state index in [4.69, 9.17) is 21.5 Å². The van der Waals surface area contributed by atoms with Crippen molar-refractivity contribution >= 4 is 34.8 Å². The van der Waals surface area contributed by atoms with Gasteiger partial charge < -0.3 is 20.1 Å². The van der Waals surface area contributed by atoms with E-state index < -0.39 is 24.0 Å². The zero-order valence-electron chi connectivity index (χ0n) is 17.9. The fraction of sp³-hybridized carbons (Fsp3) is 0.333. The highest BCUT2D eigenvalue weighted by molar-refractivity contribution is 6.30. The number of carbonyl (C=O) groups is 2. The summed E-state index contributed by atoms with van der Waals surface area (Å²) in [6.07, 6.45) is -2.23. The zero-order chi connectivity index (χ0) is 25.8. The lowest BCUT2D eigenvalue weighted by Gasteiger charge is -2.28. The number of aliphatic carboxylic acids is 1. The lowest BCUT2D eigenvalue weighted by molar-refractivity contribution is -0.921. The van der Waals surface area contributed by atoms with Crippen LogP contribution in [0.25, 0.3) is 5.52 Å². The van der Waals surface area contributed by atoms with E-state index in [1.165, 1.54) is 6.20 Å². The van der Waals surface area contributed by atoms with Crippen molar-refractivity contribution in [2.24, 2.45) is 0 Å². The number of fused-ring (bicyclic) bond motifs is 1. The number of hydrogen-bond donors (Lipinski definition) is 2. The summed E-state index contributed by atoms with van der Waals surface area (Å²) >= 11 is 5.82. The van der Waals surface area contributed by atoms with Crippen LogP contribution in [0, 0.1) is 0 Å². The molecule has 3 aromatic heterocycles. The maximum Gasteiger partial charge on any atom is 0.430 e. The van der Waals surface area contributed by atoms with Gasteiger partial charge in [0.25, 0.3) is 11.8 Å². The predicted molar refractivity (Wildman–Crippen MR) is 112 cm³/mol. The molecule has 1 aliphatic rings. The van der Waals surface area contributed by atoms with Crippen molar-refractivity contribution in [2.75, 3.05) is 18.4 Å². The summed E-state index contributed by atoms with van der Waals surface area (Å²) < 4.78 is 60.1. The van der Waals surface area contributed by atoms with E-state index in [9.17, 15) is 26.7 Å². The monoisotopic (exact) mass is 519 g/mol. The molecule has 1 fully saturated rings. The van der Waals surface area contributed by atoms with Crippen molar-refractivity contribution in [1.29, 1.82) is 0 Å². The molecule has 3 aromatic rings. The Bertz CT molecular complexity index is 1190. The summed E-state index contributed by atoms with van der Waals surface area (Å²) in [6, 6.07) is 8.79. The second kappa shape index (κ2) is 10.5. The third kappa shape index (κ3) is 7.09. The van der Waals surface area contributed by atoms with E-state index in [-0.39, 0.29) is 18.7 Å². The predicted octanol–water partition coefficient (Wildman–Crippen LogP) is 1.75. The molecule has 0 atom stereocenters. The van der Waals surface area contributed by atoms with Crippen LogP contribution in [0.1, 0.15) is 29.2 Å². The summed E-state index contributed by atoms with van der Waals surface area (Å²) in [5.74, 6) is -5.39. The van der Waals surface area contributed by atoms with Crippen LogP contribution in [0.5, 0.6) is 0 Å². The highest BCUT2D eigenvalue weighted by Crippen LogP contribution is 2.23. The van der Waals surface area contributed by atoms with E-state index in [2.05, 4.69) is 15.3 Å². The van der Waals surface area contributed by atoms with Gasteiger partial charge in [0, 0.05) is 12.4 Å². The van der Waals surface area contributed by atoms with Gasteiger partial charge >= 0.3 is 6.18 Å². The van der Waals surface area contributed by atoms with Gasteiger partial charge in [-0.25, -0.2) is 18.7 Å². The molecule has 2 N–H and O–H groups in total. The minimum atomic E-state index is -5.19. The number of pyridine rings is 2. The standard InChI is InChI=1S/C19H18ClF2N5O.C2HF3O2/c20-13-4-5-16(23-11-13)25-18(28)17-24-14(15-3-1-2-8-27(15)17)12-26-9-6-19(21,22)7-10-26;3-2(4,5)1(6)7/h1-5,8,11H,6-7,9-10,12H2,(H,23,25,28);(H,6,7). The number of anilines is 1. The van der Waals surface area contributed by atoms with Gasteiger partial charge in [0.2, 0.25) is 5.82 Å². The summed E-state index contributed by atoms with van der Waals surface area (Å²) in [7, 11) is 0. The first-order chi connectivity index (χ1) is 16.4. The zero-order valence-corrected chi connectivity index (χ0v) is 18.7. The fourth-order valence-corrected chi connectivity index (χ4v) is 3.51. The summed E-state index contributed by atoms with van der Waals surface area (Å²) in [4.78, 5) is 31.1. The molecule has 8 nitrogen and oxygen atoms in total. The maximum absolute atomic E-state index is 13.4. The van der Waals surface area contributed by atoms with Gasteiger partial charge in [-0.3, -0.25) is 9.20 Å². The molecule has 0 unspecified atom stereocenters. The lowest BCUT2D eigenvalue weighted by atomic mass is 10.1. The number of hydrogen-bond acceptors (Lipinski definition) is 5. The van der Waals surface area contributed by atoms with Crippen LogP contribution in [0.2, 0.25) is 5.02 Å². The number of carboxylic acids is 1. The van der Waals surface area contributed by atoms with Crippen LogP contribution in [0.3, 0.4) is 0 Å². The van der Waals surface area contributed by atoms with E-state index in [1.54, 1.807) is 22.7 Å². The summed E-state index contributed by atoms with van der Waals surface area (Å²) in [6.45, 7) is 1.26. The van der Waals surface area contributed by atoms with Gasteiger partial charge in [0.05, 0.1) is 36.5 Å². The van der Waals surface area contributed by atoms with Crippen molar-refractivity contribution in [3.8, 4) is 0 Å². The molecule has 0 spiro atoms. The third-order valence-corrected chi connectivity index (χ3v) is 5.36. The second-order valence-corrected chi connectivity index (χ2v) is 8.16. The Labute approximate surface area is 200 Å². The van der Waals surface area contributed by atoms with Crippen LogP contribution in [0.15, 0.2) is 42.7 Å². The van der Waals surface area contributed by atoms with Gasteiger partial charge in [0.15, 0.2) is 0 Å². The number of likely N-dealkylation sites (tertiary alicyclic amines) is 1. The molecule has 188 valence electrons. The highest BCUT2D eigenvalue weighted by Gasteiger charge is 2.37. The molecular weight excluding hydrogens is 501 g/mol. The first-order valence-corrected chi connectivity index (χ1v) is 10.6. The van der Waals surface area contributed by atoms with Crippen LogP contribution in [-0.4, -0.2) is 51.4 Å². The topological polar surface area (TPSA) is 104 Å². The number of rotatable bonds is 4. The van der Waals surface area contributed by atoms with Crippen molar-refractivity contribution < 1.29 is 41.5 Å². The molecule has 1 aliphatic heterocycles. The largest absolute Gasteiger partial charge is 0.542 e. The normalized spacial score (nSPS) is 15.8. The number of nitrogens with zero attached hydrogens (tertiary/aromatic N) is 3. The molecule has 4 heterocycles. The van der Waals surface area contributed by atoms with Gasteiger partial charge in [-0.15, -0.1) is 0 Å². The maximum atomic E-state index is 13.4. The Kier molecular flexibility index (Phi) is 7.90. The average Bonchev–Trinajstić information content (AvgIpc) is 3.15. The Hall–Kier alpha value is -3.32. The van der Waals surface area contributed by atoms with Crippen LogP contribution < -0.4 is 15.3 Å². The molecule has 0 bridgehead atoms. The fourth-order valence-electron chi connectivity index (χ4n) is 3.40. The third-order valence-electron chi connectivity index (χ3n) is 5.13. The molecule has 0 aliphatic carbocycles. The number of carbonyl (C=O) groups excluding carboxylic acids is 2. The Morgan fingerprint density at radius 2 is 1.83 bits per heavy atom. The van der Waals surface area contributed by atoms with Crippen LogP contribution in [-0.2, 0) is 11.3 Å². The Morgan fingerprint density at radius 1 is 1.17 bits per heavy atom. The number of amides is 1. The molecular formula is C21H19ClF5N5O3. The highest BCUT2D eigenvalue weighted by atomic mass is 35.5. The smallest absolute Gasteiger partial charge is 0.430 e. The van der Waals surface area contributed by atoms with E-state index in [0.29, 0.717) is 30.5 Å². The van der Waals surface area contributed by atoms with Gasteiger partial charge in [-0.1, -0.05) is 17.7 Å². The quantitative estimate of drug-likeness (QED) is 0.511. The molecule has 0 saturated carbocycles. The van der Waals surface area contributed by atoms with Gasteiger partial charge in [-0.2, -0.15) is 13.2 Å². The lowest BCUT2D eigenvalue weighted by Crippen LogP contribution is -3.12. The Balaban J connectivity index is 0.000000429. The van der Waals surface area contributed by atoms with E-state index >= 15 is 0 Å².